The van der Waals surface area contributed by atoms with E-state index in [2.05, 4.69) is 52.8 Å². The summed E-state index contributed by atoms with van der Waals surface area (Å²) in [4.78, 5) is 0. The predicted molar refractivity (Wildman–Crippen MR) is 70.0 cm³/mol. The molecule has 0 fully saturated rings. The molecule has 0 unspecified atom stereocenters. The van der Waals surface area contributed by atoms with Crippen LogP contribution in [-0.2, 0) is 6.42 Å². The highest BCUT2D eigenvalue weighted by atomic mass is 16.5. The van der Waals surface area contributed by atoms with Crippen LogP contribution in [0.2, 0.25) is 0 Å². The molecule has 0 atom stereocenters. The fraction of sp³-hybridized carbons (Fsp3) is 0.600. The summed E-state index contributed by atoms with van der Waals surface area (Å²) >= 11 is 0. The highest BCUT2D eigenvalue weighted by Gasteiger charge is 2.10. The zero-order valence-corrected chi connectivity index (χ0v) is 11.2. The van der Waals surface area contributed by atoms with Gasteiger partial charge in [0.2, 0.25) is 0 Å². The van der Waals surface area contributed by atoms with Crippen LogP contribution >= 0.6 is 0 Å². The Morgan fingerprint density at radius 3 is 2.44 bits per heavy atom. The Morgan fingerprint density at radius 2 is 1.88 bits per heavy atom. The molecule has 0 aliphatic heterocycles. The number of hydrogen-bond acceptors (Lipinski definition) is 1. The van der Waals surface area contributed by atoms with Crippen molar-refractivity contribution in [3.05, 3.63) is 29.8 Å². The molecule has 0 amide bonds. The van der Waals surface area contributed by atoms with Crippen LogP contribution in [0.3, 0.4) is 0 Å². The minimum Gasteiger partial charge on any atom is -0.491 e. The molecule has 1 aromatic carbocycles. The van der Waals surface area contributed by atoms with Crippen molar-refractivity contribution in [3.63, 3.8) is 0 Å². The third-order valence-electron chi connectivity index (χ3n) is 2.43. The second-order valence-corrected chi connectivity index (χ2v) is 5.87. The fourth-order valence-electron chi connectivity index (χ4n) is 1.57. The van der Waals surface area contributed by atoms with Crippen LogP contribution in [0.1, 0.15) is 46.6 Å². The van der Waals surface area contributed by atoms with Crippen LogP contribution < -0.4 is 4.74 Å². The molecule has 0 aliphatic rings. The molecule has 0 spiro atoms. The average molecular weight is 220 g/mol. The van der Waals surface area contributed by atoms with Gasteiger partial charge in [0.15, 0.2) is 0 Å². The molecule has 0 aliphatic carbocycles. The maximum absolute atomic E-state index is 5.69. The van der Waals surface area contributed by atoms with Gasteiger partial charge >= 0.3 is 0 Å². The lowest BCUT2D eigenvalue weighted by atomic mass is 9.89. The van der Waals surface area contributed by atoms with Gasteiger partial charge < -0.3 is 4.74 Å². The number of aryl methyl sites for hydroxylation is 1. The summed E-state index contributed by atoms with van der Waals surface area (Å²) in [5.74, 6) is 0.987. The highest BCUT2D eigenvalue weighted by molar-refractivity contribution is 5.28. The molecule has 90 valence electrons. The second kappa shape index (κ2) is 5.38. The van der Waals surface area contributed by atoms with Crippen LogP contribution in [0, 0.1) is 5.41 Å². The summed E-state index contributed by atoms with van der Waals surface area (Å²) in [7, 11) is 0. The summed E-state index contributed by atoms with van der Waals surface area (Å²) in [6.07, 6.45) is 2.58. The first kappa shape index (κ1) is 13.1. The number of benzene rings is 1. The minimum atomic E-state index is 0.248. The topological polar surface area (TPSA) is 9.23 Å². The van der Waals surface area contributed by atoms with Gasteiger partial charge in [-0.1, -0.05) is 32.9 Å². The summed E-state index contributed by atoms with van der Waals surface area (Å²) < 4.78 is 5.69. The van der Waals surface area contributed by atoms with Gasteiger partial charge in [0.05, 0.1) is 6.10 Å². The van der Waals surface area contributed by atoms with Crippen molar-refractivity contribution in [3.8, 4) is 5.75 Å². The van der Waals surface area contributed by atoms with Crippen LogP contribution in [-0.4, -0.2) is 6.10 Å². The van der Waals surface area contributed by atoms with Crippen molar-refractivity contribution in [1.29, 1.82) is 0 Å². The summed E-state index contributed by atoms with van der Waals surface area (Å²) in [5, 5.41) is 0. The van der Waals surface area contributed by atoms with Crippen molar-refractivity contribution in [1.82, 2.24) is 0 Å². The zero-order chi connectivity index (χ0) is 12.2. The second-order valence-electron chi connectivity index (χ2n) is 5.87. The molecule has 0 radical (unpaired) electrons. The van der Waals surface area contributed by atoms with Crippen LogP contribution in [0.5, 0.6) is 5.75 Å². The third-order valence-corrected chi connectivity index (χ3v) is 2.43. The molecule has 1 rings (SSSR count). The molecule has 0 heterocycles. The van der Waals surface area contributed by atoms with E-state index in [-0.39, 0.29) is 6.10 Å². The Labute approximate surface area is 99.8 Å². The van der Waals surface area contributed by atoms with Crippen LogP contribution in [0.4, 0.5) is 0 Å². The van der Waals surface area contributed by atoms with E-state index in [1.54, 1.807) is 0 Å². The van der Waals surface area contributed by atoms with Gasteiger partial charge in [-0.2, -0.15) is 0 Å². The largest absolute Gasteiger partial charge is 0.491 e. The van der Waals surface area contributed by atoms with E-state index < -0.39 is 0 Å². The summed E-state index contributed by atoms with van der Waals surface area (Å²) in [6, 6.07) is 8.45. The molecule has 0 N–H and O–H groups in total. The molecule has 1 aromatic rings. The van der Waals surface area contributed by atoms with E-state index in [0.717, 1.165) is 12.2 Å². The molecular formula is C15H24O. The monoisotopic (exact) mass is 220 g/mol. The lowest BCUT2D eigenvalue weighted by Crippen LogP contribution is -2.07. The van der Waals surface area contributed by atoms with Crippen LogP contribution in [0.25, 0.3) is 0 Å². The first-order valence-electron chi connectivity index (χ1n) is 6.12. The minimum absolute atomic E-state index is 0.248. The smallest absolute Gasteiger partial charge is 0.119 e. The first-order chi connectivity index (χ1) is 7.37. The van der Waals surface area contributed by atoms with Gasteiger partial charge in [-0.15, -0.1) is 0 Å². The Kier molecular flexibility index (Phi) is 4.40. The van der Waals surface area contributed by atoms with Crippen molar-refractivity contribution < 1.29 is 4.74 Å². The van der Waals surface area contributed by atoms with E-state index in [4.69, 9.17) is 4.74 Å². The maximum Gasteiger partial charge on any atom is 0.119 e. The van der Waals surface area contributed by atoms with Crippen LogP contribution in [0.15, 0.2) is 24.3 Å². The Balaban J connectivity index is 2.60. The van der Waals surface area contributed by atoms with Crippen molar-refractivity contribution in [2.45, 2.75) is 53.6 Å². The SMILES string of the molecule is CC(C)Oc1cccc(CCC(C)(C)C)c1. The van der Waals surface area contributed by atoms with Crippen molar-refractivity contribution in [2.24, 2.45) is 5.41 Å². The van der Waals surface area contributed by atoms with E-state index >= 15 is 0 Å². The molecular weight excluding hydrogens is 196 g/mol. The quantitative estimate of drug-likeness (QED) is 0.728. The van der Waals surface area contributed by atoms with Gasteiger partial charge in [-0.3, -0.25) is 0 Å². The Bertz CT molecular complexity index is 320. The Hall–Kier alpha value is -0.980. The van der Waals surface area contributed by atoms with Crippen molar-refractivity contribution >= 4 is 0 Å². The average Bonchev–Trinajstić information content (AvgIpc) is 2.13. The molecule has 0 aromatic heterocycles. The molecule has 0 saturated carbocycles. The molecule has 16 heavy (non-hydrogen) atoms. The van der Waals surface area contributed by atoms with Crippen molar-refractivity contribution in [2.75, 3.05) is 0 Å². The van der Waals surface area contributed by atoms with Gasteiger partial charge in [-0.05, 0) is 49.8 Å². The molecule has 0 bridgehead atoms. The van der Waals surface area contributed by atoms with E-state index in [1.165, 1.54) is 12.0 Å². The third kappa shape index (κ3) is 5.20. The van der Waals surface area contributed by atoms with Gasteiger partial charge in [0.25, 0.3) is 0 Å². The number of hydrogen-bond donors (Lipinski definition) is 0. The van der Waals surface area contributed by atoms with E-state index in [1.807, 2.05) is 6.07 Å². The van der Waals surface area contributed by atoms with Gasteiger partial charge in [0.1, 0.15) is 5.75 Å². The van der Waals surface area contributed by atoms with E-state index in [9.17, 15) is 0 Å². The number of rotatable bonds is 4. The zero-order valence-electron chi connectivity index (χ0n) is 11.2. The lowest BCUT2D eigenvalue weighted by Gasteiger charge is -2.18. The molecule has 1 nitrogen and oxygen atoms in total. The molecule has 0 saturated heterocycles. The predicted octanol–water partition coefficient (Wildman–Crippen LogP) is 4.45. The molecule has 1 heteroatoms. The maximum atomic E-state index is 5.69. The normalized spacial score (nSPS) is 11.9. The summed E-state index contributed by atoms with van der Waals surface area (Å²) in [6.45, 7) is 11.0. The summed E-state index contributed by atoms with van der Waals surface area (Å²) in [5.41, 5.74) is 1.77. The van der Waals surface area contributed by atoms with E-state index in [0.29, 0.717) is 5.41 Å². The standard InChI is InChI=1S/C15H24O/c1-12(2)16-14-8-6-7-13(11-14)9-10-15(3,4)5/h6-8,11-12H,9-10H2,1-5H3. The van der Waals surface area contributed by atoms with Gasteiger partial charge in [0, 0.05) is 0 Å². The lowest BCUT2D eigenvalue weighted by molar-refractivity contribution is 0.242. The van der Waals surface area contributed by atoms with Gasteiger partial charge in [-0.25, -0.2) is 0 Å². The Morgan fingerprint density at radius 1 is 1.19 bits per heavy atom. The fourth-order valence-corrected chi connectivity index (χ4v) is 1.57. The highest BCUT2D eigenvalue weighted by Crippen LogP contribution is 2.23. The first-order valence-corrected chi connectivity index (χ1v) is 6.12. The number of ether oxygens (including phenoxy) is 1.